The van der Waals surface area contributed by atoms with Crippen molar-refractivity contribution in [3.05, 3.63) is 28.8 Å². The zero-order valence-electron chi connectivity index (χ0n) is 15.7. The predicted octanol–water partition coefficient (Wildman–Crippen LogP) is 4.25. The number of benzene rings is 1. The van der Waals surface area contributed by atoms with Gasteiger partial charge >= 0.3 is 0 Å². The van der Waals surface area contributed by atoms with Gasteiger partial charge in [0.25, 0.3) is 0 Å². The van der Waals surface area contributed by atoms with Crippen molar-refractivity contribution in [1.29, 1.82) is 0 Å². The van der Waals surface area contributed by atoms with E-state index < -0.39 is 0 Å². The lowest BCUT2D eigenvalue weighted by molar-refractivity contribution is 0.0338. The van der Waals surface area contributed by atoms with Crippen LogP contribution in [0.25, 0.3) is 0 Å². The Labute approximate surface area is 141 Å². The third-order valence-electron chi connectivity index (χ3n) is 4.63. The second kappa shape index (κ2) is 6.82. The molecule has 2 rings (SSSR count). The fourth-order valence-electron chi connectivity index (χ4n) is 3.79. The van der Waals surface area contributed by atoms with Crippen molar-refractivity contribution in [2.45, 2.75) is 59.9 Å². The van der Waals surface area contributed by atoms with E-state index in [0.717, 1.165) is 50.4 Å². The molecule has 0 spiro atoms. The number of aryl methyl sites for hydroxylation is 1. The van der Waals surface area contributed by atoms with Crippen LogP contribution in [0.5, 0.6) is 5.75 Å². The number of nitrogens with zero attached hydrogens (tertiary/aromatic N) is 1. The van der Waals surface area contributed by atoms with E-state index in [9.17, 15) is 5.11 Å². The highest BCUT2D eigenvalue weighted by Crippen LogP contribution is 2.39. The molecule has 0 amide bonds. The summed E-state index contributed by atoms with van der Waals surface area (Å²) in [6, 6.07) is 4.37. The van der Waals surface area contributed by atoms with E-state index >= 15 is 0 Å². The molecule has 1 saturated heterocycles. The molecule has 23 heavy (non-hydrogen) atoms. The molecule has 0 radical (unpaired) electrons. The Morgan fingerprint density at radius 3 is 2.26 bits per heavy atom. The summed E-state index contributed by atoms with van der Waals surface area (Å²) in [6.07, 6.45) is 1.11. The van der Waals surface area contributed by atoms with E-state index in [2.05, 4.69) is 51.7 Å². The second-order valence-electron chi connectivity index (χ2n) is 8.81. The van der Waals surface area contributed by atoms with Crippen LogP contribution in [-0.4, -0.2) is 36.3 Å². The Morgan fingerprint density at radius 2 is 1.70 bits per heavy atom. The largest absolute Gasteiger partial charge is 0.507 e. The van der Waals surface area contributed by atoms with Crippen LogP contribution in [-0.2, 0) is 16.7 Å². The van der Waals surface area contributed by atoms with Gasteiger partial charge < -0.3 is 9.84 Å². The van der Waals surface area contributed by atoms with Gasteiger partial charge in [0.2, 0.25) is 0 Å². The van der Waals surface area contributed by atoms with E-state index in [0.29, 0.717) is 5.75 Å². The van der Waals surface area contributed by atoms with Crippen LogP contribution >= 0.6 is 0 Å². The van der Waals surface area contributed by atoms with E-state index in [-0.39, 0.29) is 10.8 Å². The molecule has 0 bridgehead atoms. The van der Waals surface area contributed by atoms with Gasteiger partial charge in [0.15, 0.2) is 0 Å². The molecule has 0 aliphatic carbocycles. The quantitative estimate of drug-likeness (QED) is 0.900. The number of phenolic OH excluding ortho intramolecular Hbond substituents is 1. The van der Waals surface area contributed by atoms with Crippen molar-refractivity contribution in [2.75, 3.05) is 26.3 Å². The number of morpholine rings is 1. The van der Waals surface area contributed by atoms with Crippen LogP contribution < -0.4 is 0 Å². The molecule has 1 aliphatic heterocycles. The zero-order chi connectivity index (χ0) is 17.3. The zero-order valence-corrected chi connectivity index (χ0v) is 15.7. The van der Waals surface area contributed by atoms with Crippen LogP contribution in [0.15, 0.2) is 12.1 Å². The number of aromatic hydroxyl groups is 1. The fraction of sp³-hybridized carbons (Fsp3) is 0.700. The van der Waals surface area contributed by atoms with Gasteiger partial charge in [-0.25, -0.2) is 0 Å². The first-order chi connectivity index (χ1) is 10.6. The fourth-order valence-corrected chi connectivity index (χ4v) is 3.79. The monoisotopic (exact) mass is 319 g/mol. The topological polar surface area (TPSA) is 32.7 Å². The van der Waals surface area contributed by atoms with Gasteiger partial charge in [-0.15, -0.1) is 0 Å². The average Bonchev–Trinajstić information content (AvgIpc) is 2.42. The minimum atomic E-state index is 0.0937. The Morgan fingerprint density at radius 1 is 1.09 bits per heavy atom. The van der Waals surface area contributed by atoms with Crippen molar-refractivity contribution in [3.63, 3.8) is 0 Å². The molecular formula is C20H33NO2. The number of hydrogen-bond donors (Lipinski definition) is 1. The lowest BCUT2D eigenvalue weighted by atomic mass is 9.71. The maximum Gasteiger partial charge on any atom is 0.122 e. The highest BCUT2D eigenvalue weighted by Gasteiger charge is 2.28. The average molecular weight is 319 g/mol. The van der Waals surface area contributed by atoms with E-state index in [1.165, 1.54) is 5.56 Å². The maximum atomic E-state index is 10.5. The highest BCUT2D eigenvalue weighted by atomic mass is 16.5. The van der Waals surface area contributed by atoms with Crippen LogP contribution in [0, 0.1) is 12.3 Å². The van der Waals surface area contributed by atoms with Gasteiger partial charge in [-0.1, -0.05) is 46.8 Å². The van der Waals surface area contributed by atoms with Crippen LogP contribution in [0.3, 0.4) is 0 Å². The van der Waals surface area contributed by atoms with Crippen molar-refractivity contribution in [1.82, 2.24) is 4.90 Å². The lowest BCUT2D eigenvalue weighted by Crippen LogP contribution is -2.35. The van der Waals surface area contributed by atoms with Crippen molar-refractivity contribution in [2.24, 2.45) is 5.41 Å². The standard InChI is InChI=1S/C20H33NO2/c1-15-11-17(20(5,6)14-19(2,3)4)12-16(18(15)22)13-21-7-9-23-10-8-21/h11-12,22H,7-10,13-14H2,1-6H3. The number of hydrogen-bond acceptors (Lipinski definition) is 3. The summed E-state index contributed by atoms with van der Waals surface area (Å²) in [5.41, 5.74) is 3.72. The summed E-state index contributed by atoms with van der Waals surface area (Å²) in [5.74, 6) is 0.451. The first kappa shape index (κ1) is 18.3. The van der Waals surface area contributed by atoms with Gasteiger partial charge in [-0.3, -0.25) is 4.90 Å². The Kier molecular flexibility index (Phi) is 5.42. The molecule has 3 heteroatoms. The second-order valence-corrected chi connectivity index (χ2v) is 8.81. The Bertz CT molecular complexity index is 537. The molecule has 3 nitrogen and oxygen atoms in total. The third-order valence-corrected chi connectivity index (χ3v) is 4.63. The third kappa shape index (κ3) is 4.95. The summed E-state index contributed by atoms with van der Waals surface area (Å²) < 4.78 is 5.42. The number of rotatable bonds is 4. The maximum absolute atomic E-state index is 10.5. The van der Waals surface area contributed by atoms with Crippen LogP contribution in [0.4, 0.5) is 0 Å². The summed E-state index contributed by atoms with van der Waals surface area (Å²) in [7, 11) is 0. The smallest absolute Gasteiger partial charge is 0.122 e. The van der Waals surface area contributed by atoms with Crippen molar-refractivity contribution < 1.29 is 9.84 Å². The van der Waals surface area contributed by atoms with Crippen molar-refractivity contribution >= 4 is 0 Å². The van der Waals surface area contributed by atoms with Crippen LogP contribution in [0.1, 0.15) is 57.7 Å². The van der Waals surface area contributed by atoms with Gasteiger partial charge in [-0.2, -0.15) is 0 Å². The molecule has 1 aromatic carbocycles. The molecule has 0 aromatic heterocycles. The molecule has 1 aromatic rings. The Balaban J connectivity index is 2.27. The summed E-state index contributed by atoms with van der Waals surface area (Å²) >= 11 is 0. The molecule has 130 valence electrons. The summed E-state index contributed by atoms with van der Waals surface area (Å²) in [5, 5.41) is 10.5. The predicted molar refractivity (Wildman–Crippen MR) is 96.0 cm³/mol. The molecule has 1 N–H and O–H groups in total. The van der Waals surface area contributed by atoms with Gasteiger partial charge in [0.05, 0.1) is 13.2 Å². The van der Waals surface area contributed by atoms with E-state index in [4.69, 9.17) is 4.74 Å². The molecule has 0 unspecified atom stereocenters. The first-order valence-electron chi connectivity index (χ1n) is 8.72. The van der Waals surface area contributed by atoms with Crippen molar-refractivity contribution in [3.8, 4) is 5.75 Å². The van der Waals surface area contributed by atoms with E-state index in [1.54, 1.807) is 0 Å². The lowest BCUT2D eigenvalue weighted by Gasteiger charge is -2.34. The minimum Gasteiger partial charge on any atom is -0.507 e. The molecule has 0 atom stereocenters. The van der Waals surface area contributed by atoms with Gasteiger partial charge in [0, 0.05) is 25.2 Å². The molecular weight excluding hydrogens is 286 g/mol. The summed E-state index contributed by atoms with van der Waals surface area (Å²) in [4.78, 5) is 2.36. The molecule has 1 heterocycles. The SMILES string of the molecule is Cc1cc(C(C)(C)CC(C)(C)C)cc(CN2CCOCC2)c1O. The van der Waals surface area contributed by atoms with Crippen LogP contribution in [0.2, 0.25) is 0 Å². The highest BCUT2D eigenvalue weighted by molar-refractivity contribution is 5.45. The normalized spacial score (nSPS) is 17.5. The molecule has 0 saturated carbocycles. The molecule has 1 fully saturated rings. The minimum absolute atomic E-state index is 0.0937. The van der Waals surface area contributed by atoms with Gasteiger partial charge in [-0.05, 0) is 35.3 Å². The van der Waals surface area contributed by atoms with E-state index in [1.807, 2.05) is 6.92 Å². The van der Waals surface area contributed by atoms with Gasteiger partial charge in [0.1, 0.15) is 5.75 Å². The number of phenols is 1. The number of ether oxygens (including phenoxy) is 1. The summed E-state index contributed by atoms with van der Waals surface area (Å²) in [6.45, 7) is 17.7. The first-order valence-corrected chi connectivity index (χ1v) is 8.72. The molecule has 1 aliphatic rings. The Hall–Kier alpha value is -1.06.